The van der Waals surface area contributed by atoms with E-state index in [1.54, 1.807) is 0 Å². The molecule has 2 heterocycles. The van der Waals surface area contributed by atoms with Crippen molar-refractivity contribution in [1.29, 1.82) is 0 Å². The number of carbonyl (C=O) groups is 1. The van der Waals surface area contributed by atoms with Gasteiger partial charge in [-0.1, -0.05) is 12.8 Å². The molecule has 1 amide bonds. The van der Waals surface area contributed by atoms with E-state index >= 15 is 0 Å². The van der Waals surface area contributed by atoms with Crippen LogP contribution in [0.5, 0.6) is 0 Å². The molecule has 0 aromatic heterocycles. The van der Waals surface area contributed by atoms with Crippen LogP contribution in [-0.2, 0) is 4.79 Å². The van der Waals surface area contributed by atoms with Gasteiger partial charge >= 0.3 is 0 Å². The number of hydrogen-bond donors (Lipinski definition) is 2. The highest BCUT2D eigenvalue weighted by molar-refractivity contribution is 5.89. The minimum absolute atomic E-state index is 0.138. The summed E-state index contributed by atoms with van der Waals surface area (Å²) in [6.45, 7) is 1.75. The molecule has 2 fully saturated rings. The first-order chi connectivity index (χ1) is 5.33. The second-order valence-electron chi connectivity index (χ2n) is 3.50. The Balaban J connectivity index is 2.00. The van der Waals surface area contributed by atoms with E-state index in [9.17, 15) is 4.79 Å². The third-order valence-electron chi connectivity index (χ3n) is 2.60. The fraction of sp³-hybridized carbons (Fsp3) is 0.875. The lowest BCUT2D eigenvalue weighted by atomic mass is 9.98. The lowest BCUT2D eigenvalue weighted by Crippen LogP contribution is -2.41. The highest BCUT2D eigenvalue weighted by Gasteiger charge is 2.48. The normalized spacial score (nSPS) is 37.6. The number of amides is 1. The molecule has 3 heteroatoms. The molecule has 2 N–H and O–H groups in total. The van der Waals surface area contributed by atoms with E-state index in [0.29, 0.717) is 0 Å². The first-order valence-corrected chi connectivity index (χ1v) is 4.37. The third-order valence-corrected chi connectivity index (χ3v) is 2.60. The Hall–Kier alpha value is -0.570. The van der Waals surface area contributed by atoms with E-state index in [1.807, 2.05) is 0 Å². The van der Waals surface area contributed by atoms with Crippen LogP contribution in [0, 0.1) is 0 Å². The van der Waals surface area contributed by atoms with Gasteiger partial charge in [-0.15, -0.1) is 0 Å². The molecule has 2 saturated heterocycles. The summed E-state index contributed by atoms with van der Waals surface area (Å²) in [5.41, 5.74) is -0.138. The van der Waals surface area contributed by atoms with Crippen LogP contribution in [0.2, 0.25) is 0 Å². The quantitative estimate of drug-likeness (QED) is 0.483. The average Bonchev–Trinajstić information content (AvgIpc) is 2.74. The van der Waals surface area contributed by atoms with Gasteiger partial charge in [-0.05, 0) is 12.8 Å². The molecule has 0 saturated carbocycles. The van der Waals surface area contributed by atoms with Crippen molar-refractivity contribution in [2.45, 2.75) is 31.2 Å². The third kappa shape index (κ3) is 1.25. The largest absolute Gasteiger partial charge is 0.354 e. The summed E-state index contributed by atoms with van der Waals surface area (Å²) in [5, 5.41) is 6.09. The monoisotopic (exact) mass is 154 g/mol. The van der Waals surface area contributed by atoms with Gasteiger partial charge < -0.3 is 5.32 Å². The van der Waals surface area contributed by atoms with E-state index < -0.39 is 0 Å². The molecule has 0 bridgehead atoms. The van der Waals surface area contributed by atoms with Gasteiger partial charge in [0, 0.05) is 13.1 Å². The highest BCUT2D eigenvalue weighted by atomic mass is 16.2. The van der Waals surface area contributed by atoms with E-state index in [4.69, 9.17) is 0 Å². The Morgan fingerprint density at radius 2 is 2.09 bits per heavy atom. The van der Waals surface area contributed by atoms with Crippen LogP contribution in [0.25, 0.3) is 0 Å². The summed E-state index contributed by atoms with van der Waals surface area (Å²) in [7, 11) is 0. The van der Waals surface area contributed by atoms with Crippen molar-refractivity contribution < 1.29 is 4.79 Å². The zero-order chi connectivity index (χ0) is 7.73. The fourth-order valence-electron chi connectivity index (χ4n) is 1.66. The van der Waals surface area contributed by atoms with E-state index in [0.717, 1.165) is 25.9 Å². The zero-order valence-corrected chi connectivity index (χ0v) is 6.65. The minimum Gasteiger partial charge on any atom is -0.354 e. The molecule has 2 rings (SSSR count). The van der Waals surface area contributed by atoms with Crippen LogP contribution in [0.15, 0.2) is 0 Å². The lowest BCUT2D eigenvalue weighted by molar-refractivity contribution is -0.123. The summed E-state index contributed by atoms with van der Waals surface area (Å²) in [5.74, 6) is 0.220. The summed E-state index contributed by atoms with van der Waals surface area (Å²) in [6, 6.07) is 0. The number of carbonyl (C=O) groups excluding carboxylic acids is 1. The molecule has 0 aliphatic carbocycles. The van der Waals surface area contributed by atoms with E-state index in [1.165, 1.54) is 12.8 Å². The second kappa shape index (κ2) is 2.48. The zero-order valence-electron chi connectivity index (χ0n) is 6.65. The second-order valence-corrected chi connectivity index (χ2v) is 3.50. The molecule has 2 aliphatic rings. The average molecular weight is 154 g/mol. The Labute approximate surface area is 66.5 Å². The lowest BCUT2D eigenvalue weighted by Gasteiger charge is -2.16. The summed E-state index contributed by atoms with van der Waals surface area (Å²) in [4.78, 5) is 11.4. The molecular weight excluding hydrogens is 140 g/mol. The molecule has 1 spiro atoms. The van der Waals surface area contributed by atoms with Crippen molar-refractivity contribution in [2.24, 2.45) is 0 Å². The fourth-order valence-corrected chi connectivity index (χ4v) is 1.66. The maximum atomic E-state index is 11.4. The van der Waals surface area contributed by atoms with Crippen molar-refractivity contribution in [3.8, 4) is 0 Å². The van der Waals surface area contributed by atoms with E-state index in [2.05, 4.69) is 10.6 Å². The van der Waals surface area contributed by atoms with Crippen LogP contribution in [0.3, 0.4) is 0 Å². The molecule has 2 aliphatic heterocycles. The standard InChI is InChI=1S/C8H14N2O/c11-7-8(6-10-8)4-2-1-3-5-9-7/h10H,1-6H2,(H,9,11). The van der Waals surface area contributed by atoms with Crippen LogP contribution in [-0.4, -0.2) is 24.5 Å². The predicted molar refractivity (Wildman–Crippen MR) is 42.2 cm³/mol. The first-order valence-electron chi connectivity index (χ1n) is 4.37. The van der Waals surface area contributed by atoms with Crippen LogP contribution in [0.4, 0.5) is 0 Å². The van der Waals surface area contributed by atoms with Crippen LogP contribution in [0.1, 0.15) is 25.7 Å². The van der Waals surface area contributed by atoms with Crippen molar-refractivity contribution in [2.75, 3.05) is 13.1 Å². The highest BCUT2D eigenvalue weighted by Crippen LogP contribution is 2.25. The van der Waals surface area contributed by atoms with Crippen molar-refractivity contribution in [3.05, 3.63) is 0 Å². The summed E-state index contributed by atoms with van der Waals surface area (Å²) < 4.78 is 0. The molecule has 0 radical (unpaired) electrons. The van der Waals surface area contributed by atoms with Gasteiger partial charge in [0.1, 0.15) is 5.54 Å². The summed E-state index contributed by atoms with van der Waals surface area (Å²) >= 11 is 0. The van der Waals surface area contributed by atoms with Crippen LogP contribution < -0.4 is 10.6 Å². The molecule has 0 aromatic carbocycles. The van der Waals surface area contributed by atoms with Crippen molar-refractivity contribution in [3.63, 3.8) is 0 Å². The molecule has 1 unspecified atom stereocenters. The minimum atomic E-state index is -0.138. The Morgan fingerprint density at radius 3 is 2.82 bits per heavy atom. The maximum Gasteiger partial charge on any atom is 0.241 e. The topological polar surface area (TPSA) is 51.0 Å². The molecular formula is C8H14N2O. The number of rotatable bonds is 0. The Morgan fingerprint density at radius 1 is 1.27 bits per heavy atom. The number of nitrogens with one attached hydrogen (secondary N) is 2. The molecule has 0 aromatic rings. The molecule has 11 heavy (non-hydrogen) atoms. The summed E-state index contributed by atoms with van der Waals surface area (Å²) in [6.07, 6.45) is 4.62. The van der Waals surface area contributed by atoms with Crippen molar-refractivity contribution >= 4 is 5.91 Å². The SMILES string of the molecule is O=C1NCCCCCC12CN2. The molecule has 1 atom stereocenters. The van der Waals surface area contributed by atoms with Gasteiger partial charge in [0.15, 0.2) is 0 Å². The van der Waals surface area contributed by atoms with Crippen molar-refractivity contribution in [1.82, 2.24) is 10.6 Å². The number of hydrogen-bond acceptors (Lipinski definition) is 2. The van der Waals surface area contributed by atoms with Gasteiger partial charge in [-0.25, -0.2) is 0 Å². The van der Waals surface area contributed by atoms with Crippen LogP contribution >= 0.6 is 0 Å². The van der Waals surface area contributed by atoms with E-state index in [-0.39, 0.29) is 11.4 Å². The van der Waals surface area contributed by atoms with Gasteiger partial charge in [-0.2, -0.15) is 0 Å². The Bertz CT molecular complexity index is 175. The molecule has 3 nitrogen and oxygen atoms in total. The smallest absolute Gasteiger partial charge is 0.241 e. The maximum absolute atomic E-state index is 11.4. The van der Waals surface area contributed by atoms with Gasteiger partial charge in [0.2, 0.25) is 5.91 Å². The van der Waals surface area contributed by atoms with Gasteiger partial charge in [-0.3, -0.25) is 10.1 Å². The van der Waals surface area contributed by atoms with Gasteiger partial charge in [0.25, 0.3) is 0 Å². The molecule has 62 valence electrons. The van der Waals surface area contributed by atoms with Gasteiger partial charge in [0.05, 0.1) is 0 Å². The first kappa shape index (κ1) is 7.10. The predicted octanol–water partition coefficient (Wildman–Crippen LogP) is 0.0186. The Kier molecular flexibility index (Phi) is 1.60.